The fourth-order valence-electron chi connectivity index (χ4n) is 3.37. The number of hydrogen-bond donors (Lipinski definition) is 1. The van der Waals surface area contributed by atoms with Gasteiger partial charge in [-0.1, -0.05) is 18.2 Å². The Labute approximate surface area is 197 Å². The lowest BCUT2D eigenvalue weighted by Gasteiger charge is -2.20. The zero-order valence-electron chi connectivity index (χ0n) is 18.8. The molecule has 0 aliphatic rings. The molecule has 34 heavy (non-hydrogen) atoms. The van der Waals surface area contributed by atoms with E-state index in [1.807, 2.05) is 13.1 Å². The molecule has 9 nitrogen and oxygen atoms in total. The van der Waals surface area contributed by atoms with Gasteiger partial charge in [-0.3, -0.25) is 9.10 Å². The predicted octanol–water partition coefficient (Wildman–Crippen LogP) is 3.57. The minimum atomic E-state index is -3.89. The van der Waals surface area contributed by atoms with Crippen LogP contribution in [0.1, 0.15) is 10.4 Å². The predicted molar refractivity (Wildman–Crippen MR) is 129 cm³/mol. The van der Waals surface area contributed by atoms with Crippen LogP contribution in [-0.2, 0) is 17.1 Å². The first-order valence-electron chi connectivity index (χ1n) is 10.3. The summed E-state index contributed by atoms with van der Waals surface area (Å²) in [7, 11) is 0.942. The molecule has 10 heteroatoms. The molecule has 1 aromatic heterocycles. The Morgan fingerprint density at radius 3 is 2.44 bits per heavy atom. The van der Waals surface area contributed by atoms with Crippen LogP contribution < -0.4 is 14.4 Å². The van der Waals surface area contributed by atoms with Gasteiger partial charge in [0.15, 0.2) is 5.82 Å². The summed E-state index contributed by atoms with van der Waals surface area (Å²) in [4.78, 5) is 12.9. The average Bonchev–Trinajstić information content (AvgIpc) is 3.29. The summed E-state index contributed by atoms with van der Waals surface area (Å²) in [6, 6.07) is 19.8. The number of benzene rings is 3. The van der Waals surface area contributed by atoms with Crippen LogP contribution in [0, 0.1) is 0 Å². The number of carbonyl (C=O) groups excluding carboxylic acids is 1. The maximum absolute atomic E-state index is 13.2. The van der Waals surface area contributed by atoms with Gasteiger partial charge in [0.25, 0.3) is 15.9 Å². The zero-order valence-corrected chi connectivity index (χ0v) is 19.7. The zero-order chi connectivity index (χ0) is 24.3. The average molecular weight is 478 g/mol. The number of methoxy groups -OCH3 is 1. The number of hydrogen-bond acceptors (Lipinski definition) is 6. The van der Waals surface area contributed by atoms with Gasteiger partial charge in [-0.2, -0.15) is 0 Å². The van der Waals surface area contributed by atoms with Gasteiger partial charge >= 0.3 is 0 Å². The SMILES string of the molecule is COc1ccc(N(C)S(=O)(=O)c2cccc(C(=O)Nc3cccc(-c4nncn4C)c3)c2)cc1. The normalized spacial score (nSPS) is 11.1. The first kappa shape index (κ1) is 23.0. The second-order valence-electron chi connectivity index (χ2n) is 7.50. The molecular weight excluding hydrogens is 454 g/mol. The van der Waals surface area contributed by atoms with E-state index in [0.717, 1.165) is 9.87 Å². The van der Waals surface area contributed by atoms with Gasteiger partial charge in [0, 0.05) is 30.9 Å². The van der Waals surface area contributed by atoms with Gasteiger partial charge in [0.05, 0.1) is 17.7 Å². The van der Waals surface area contributed by atoms with Crippen molar-refractivity contribution in [3.63, 3.8) is 0 Å². The number of rotatable bonds is 7. The Morgan fingerprint density at radius 1 is 1.03 bits per heavy atom. The van der Waals surface area contributed by atoms with E-state index >= 15 is 0 Å². The van der Waals surface area contributed by atoms with Crippen molar-refractivity contribution in [2.45, 2.75) is 4.90 Å². The Bertz CT molecular complexity index is 1430. The van der Waals surface area contributed by atoms with Crippen LogP contribution in [-0.4, -0.2) is 43.2 Å². The van der Waals surface area contributed by atoms with Gasteiger partial charge < -0.3 is 14.6 Å². The standard InChI is InChI=1S/C24H23N5O4S/c1-28-16-25-27-23(28)17-6-4-8-19(14-17)26-24(30)18-7-5-9-22(15-18)34(31,32)29(2)20-10-12-21(33-3)13-11-20/h4-16H,1-3H3,(H,26,30). The molecule has 0 aliphatic carbocycles. The van der Waals surface area contributed by atoms with E-state index in [1.54, 1.807) is 65.5 Å². The van der Waals surface area contributed by atoms with E-state index in [4.69, 9.17) is 4.74 Å². The van der Waals surface area contributed by atoms with E-state index < -0.39 is 15.9 Å². The fraction of sp³-hybridized carbons (Fsp3) is 0.125. The monoisotopic (exact) mass is 477 g/mol. The first-order valence-corrected chi connectivity index (χ1v) is 11.7. The highest BCUT2D eigenvalue weighted by Gasteiger charge is 2.22. The number of anilines is 2. The number of amides is 1. The lowest BCUT2D eigenvalue weighted by Crippen LogP contribution is -2.26. The Morgan fingerprint density at radius 2 is 1.76 bits per heavy atom. The summed E-state index contributed by atoms with van der Waals surface area (Å²) in [5, 5.41) is 10.8. The molecule has 1 amide bonds. The summed E-state index contributed by atoms with van der Waals surface area (Å²) in [5.74, 6) is 0.849. The topological polar surface area (TPSA) is 106 Å². The highest BCUT2D eigenvalue weighted by molar-refractivity contribution is 7.92. The quantitative estimate of drug-likeness (QED) is 0.436. The number of nitrogens with zero attached hydrogens (tertiary/aromatic N) is 4. The molecule has 0 spiro atoms. The van der Waals surface area contributed by atoms with Crippen LogP contribution in [0.3, 0.4) is 0 Å². The number of carbonyl (C=O) groups is 1. The van der Waals surface area contributed by atoms with Crippen molar-refractivity contribution >= 4 is 27.3 Å². The largest absolute Gasteiger partial charge is 0.497 e. The van der Waals surface area contributed by atoms with Crippen molar-refractivity contribution in [1.82, 2.24) is 14.8 Å². The minimum absolute atomic E-state index is 0.00584. The van der Waals surface area contributed by atoms with E-state index in [2.05, 4.69) is 15.5 Å². The first-order chi connectivity index (χ1) is 16.3. The number of aryl methyl sites for hydroxylation is 1. The molecule has 3 aromatic carbocycles. The lowest BCUT2D eigenvalue weighted by molar-refractivity contribution is 0.102. The number of nitrogens with one attached hydrogen (secondary N) is 1. The van der Waals surface area contributed by atoms with E-state index in [0.29, 0.717) is 22.9 Å². The second kappa shape index (κ2) is 9.36. The molecule has 0 atom stereocenters. The maximum Gasteiger partial charge on any atom is 0.264 e. The van der Waals surface area contributed by atoms with Crippen molar-refractivity contribution in [2.75, 3.05) is 23.8 Å². The maximum atomic E-state index is 13.2. The van der Waals surface area contributed by atoms with Crippen LogP contribution in [0.2, 0.25) is 0 Å². The number of ether oxygens (including phenoxy) is 1. The molecule has 174 valence electrons. The van der Waals surface area contributed by atoms with Gasteiger partial charge in [0.2, 0.25) is 0 Å². The third kappa shape index (κ3) is 4.62. The molecular formula is C24H23N5O4S. The lowest BCUT2D eigenvalue weighted by atomic mass is 10.1. The highest BCUT2D eigenvalue weighted by atomic mass is 32.2. The molecule has 0 radical (unpaired) electrons. The van der Waals surface area contributed by atoms with Gasteiger partial charge in [-0.25, -0.2) is 8.42 Å². The Kier molecular flexibility index (Phi) is 6.33. The molecule has 0 bridgehead atoms. The fourth-order valence-corrected chi connectivity index (χ4v) is 4.61. The van der Waals surface area contributed by atoms with Crippen LogP contribution >= 0.6 is 0 Å². The van der Waals surface area contributed by atoms with Crippen LogP contribution in [0.5, 0.6) is 5.75 Å². The Balaban J connectivity index is 1.56. The smallest absolute Gasteiger partial charge is 0.264 e. The van der Waals surface area contributed by atoms with Crippen molar-refractivity contribution in [3.05, 3.63) is 84.7 Å². The molecule has 0 fully saturated rings. The number of sulfonamides is 1. The third-order valence-corrected chi connectivity index (χ3v) is 7.06. The molecule has 1 heterocycles. The molecule has 4 rings (SSSR count). The third-order valence-electron chi connectivity index (χ3n) is 5.28. The molecule has 0 saturated heterocycles. The van der Waals surface area contributed by atoms with Crippen LogP contribution in [0.15, 0.2) is 84.0 Å². The van der Waals surface area contributed by atoms with Crippen molar-refractivity contribution in [1.29, 1.82) is 0 Å². The molecule has 0 unspecified atom stereocenters. The van der Waals surface area contributed by atoms with E-state index in [9.17, 15) is 13.2 Å². The highest BCUT2D eigenvalue weighted by Crippen LogP contribution is 2.25. The van der Waals surface area contributed by atoms with Crippen molar-refractivity contribution in [2.24, 2.45) is 7.05 Å². The Hall–Kier alpha value is -4.18. The van der Waals surface area contributed by atoms with Gasteiger partial charge in [-0.15, -0.1) is 10.2 Å². The summed E-state index contributed by atoms with van der Waals surface area (Å²) in [6.45, 7) is 0. The van der Waals surface area contributed by atoms with Crippen molar-refractivity contribution < 1.29 is 17.9 Å². The molecule has 1 N–H and O–H groups in total. The van der Waals surface area contributed by atoms with Crippen LogP contribution in [0.4, 0.5) is 11.4 Å². The molecule has 0 saturated carbocycles. The molecule has 0 aliphatic heterocycles. The van der Waals surface area contributed by atoms with E-state index in [-0.39, 0.29) is 10.5 Å². The van der Waals surface area contributed by atoms with E-state index in [1.165, 1.54) is 26.3 Å². The minimum Gasteiger partial charge on any atom is -0.497 e. The van der Waals surface area contributed by atoms with Crippen LogP contribution in [0.25, 0.3) is 11.4 Å². The number of aromatic nitrogens is 3. The van der Waals surface area contributed by atoms with Gasteiger partial charge in [-0.05, 0) is 54.6 Å². The van der Waals surface area contributed by atoms with Crippen molar-refractivity contribution in [3.8, 4) is 17.1 Å². The summed E-state index contributed by atoms with van der Waals surface area (Å²) in [6.07, 6.45) is 1.59. The molecule has 4 aromatic rings. The summed E-state index contributed by atoms with van der Waals surface area (Å²) < 4.78 is 34.4. The summed E-state index contributed by atoms with van der Waals surface area (Å²) >= 11 is 0. The summed E-state index contributed by atoms with van der Waals surface area (Å²) in [5.41, 5.74) is 2.02. The second-order valence-corrected chi connectivity index (χ2v) is 9.47. The van der Waals surface area contributed by atoms with Gasteiger partial charge in [0.1, 0.15) is 12.1 Å².